The van der Waals surface area contributed by atoms with Gasteiger partial charge in [0.15, 0.2) is 0 Å². The number of nitrogens with two attached hydrogens (primary N) is 4. The minimum absolute atomic E-state index is 0.000459. The second-order valence-electron chi connectivity index (χ2n) is 35.0. The van der Waals surface area contributed by atoms with Crippen molar-refractivity contribution in [2.24, 2.45) is 34.8 Å². The number of phenols is 1. The highest BCUT2D eigenvalue weighted by Gasteiger charge is 2.47. The van der Waals surface area contributed by atoms with E-state index in [0.717, 1.165) is 36.3 Å². The number of unbranched alkanes of at least 4 members (excludes halogenated alkanes) is 2. The highest BCUT2D eigenvalue weighted by Crippen LogP contribution is 2.29. The lowest BCUT2D eigenvalue weighted by Gasteiger charge is -2.36. The molecule has 17 amide bonds. The molecule has 0 saturated carbocycles. The highest BCUT2D eigenvalue weighted by atomic mass is 32.2. The quantitative estimate of drug-likeness (QED) is 0.0284. The number of carbonyl (C=O) groups excluding carboxylic acids is 17. The highest BCUT2D eigenvalue weighted by molar-refractivity contribution is 8.00. The van der Waals surface area contributed by atoms with Crippen LogP contribution in [0.1, 0.15) is 142 Å². The summed E-state index contributed by atoms with van der Waals surface area (Å²) in [4.78, 5) is 270. The lowest BCUT2D eigenvalue weighted by molar-refractivity contribution is -0.149. The number of hydrogen-bond acceptors (Lipinski definition) is 23. The number of likely N-dealkylation sites (N-methyl/N-ethyl adjacent to an activating group) is 3. The number of hydrogen-bond donors (Lipinski definition) is 18. The van der Waals surface area contributed by atoms with Crippen molar-refractivity contribution in [2.45, 2.75) is 242 Å². The van der Waals surface area contributed by atoms with E-state index >= 15 is 33.6 Å². The number of rotatable bonds is 25. The molecule has 1 unspecified atom stereocenters. The zero-order valence-corrected chi connectivity index (χ0v) is 77.6. The van der Waals surface area contributed by atoms with Crippen LogP contribution >= 0.6 is 11.8 Å². The number of para-hydroxylation sites is 2. The fraction of sp³-hybridized carbons (Fsp3) is 0.556. The Bertz CT molecular complexity index is 5030. The molecule has 8 rings (SSSR count). The van der Waals surface area contributed by atoms with Gasteiger partial charge < -0.3 is 125 Å². The Labute approximate surface area is 774 Å². The number of carboxylic acid groups (broad SMARTS) is 1. The molecule has 5 heterocycles. The second kappa shape index (κ2) is 49.6. The molecule has 2 aromatic heterocycles. The maximum absolute atomic E-state index is 15.9. The first-order valence-electron chi connectivity index (χ1n) is 44.8. The number of aliphatic carboxylic acids is 1. The second-order valence-corrected chi connectivity index (χ2v) is 36.0. The fourth-order valence-electron chi connectivity index (χ4n) is 16.6. The van der Waals surface area contributed by atoms with Gasteiger partial charge in [-0.2, -0.15) is 0 Å². The van der Waals surface area contributed by atoms with Crippen molar-refractivity contribution in [1.29, 1.82) is 0 Å². The van der Waals surface area contributed by atoms with Gasteiger partial charge in [-0.1, -0.05) is 116 Å². The number of aromatic hydroxyl groups is 1. The zero-order valence-electron chi connectivity index (χ0n) is 76.8. The van der Waals surface area contributed by atoms with Gasteiger partial charge in [0, 0.05) is 113 Å². The van der Waals surface area contributed by atoms with Crippen molar-refractivity contribution in [1.82, 2.24) is 87.2 Å². The number of thioether (sulfide) groups is 1. The SMILES string of the molecule is CCCC[C@H]1C(=O)N(C)[C@@H](CCCC)C(=O)N[C@@H](CC(C)C)C(=O)N[C@H](C(=O)NCC(N)=O)CSCC(=O)N[C@@H](Cc2ccc(O)cc2)C(=O)N(C)[C@@H](C)C(=O)N[C@@H](CC(N)=O)C(=O)N2CCCC2C(=O)N[C@@H](CN)C(=O)N[C@@H](CC(C)C)C(=O)N2C[C@H](O)C[C@H]2C(=O)N[C@@H](Cc2c[nH]c3ccccc23)C(=O)N[C@@H](CN)C(=O)N[C@@H](Cc2cn(CC(=O)O)c3ccccc23)C(=O)N1C. The number of carboxylic acids is 1. The summed E-state index contributed by atoms with van der Waals surface area (Å²) in [5, 5.41) is 59.1. The van der Waals surface area contributed by atoms with Crippen molar-refractivity contribution in [3.63, 3.8) is 0 Å². The van der Waals surface area contributed by atoms with Gasteiger partial charge in [-0.3, -0.25) is 86.3 Å². The first-order valence-corrected chi connectivity index (χ1v) is 46.0. The Hall–Kier alpha value is -12.8. The number of aliphatic hydroxyl groups is 1. The standard InChI is InChI=1S/C90H129N21O21S/c1-11-13-23-69-83(125)98-59(32-48(3)4)79(121)105-67(78(120)96-42-74(94)115)46-133-47-75(116)97-62(34-51-27-29-54(112)30-28-51)86(128)106(8)50(7)77(119)100-64(38-73(93)114)88(130)110-31-19-26-70(110)84(126)104-66(40-92)82(124)101-61(33-49(5)6)89(131)111-44-55(113)37-72(111)85(127)99-60(35-52-41-95-58-22-17-15-20-56(52)58)80(122)103-65(39-91)81(123)102-63(87(129)108(10)71(24-14-12-2)90(132)107(69)9)36-53-43-109(45-76(117)118)68-25-18-16-21-57(53)68/h15-18,20-22,25,27-30,41,43,48-50,55,59-67,69-72,95,112-113H,11-14,19,23-24,26,31-40,42,44-47,91-92H2,1-10H3,(H2,93,114)(H2,94,115)(H,96,120)(H,97,116)(H,98,125)(H,99,127)(H,100,119)(H,101,124)(H,102,123)(H,103,122)(H,104,126)(H,105,121)(H,117,118)/t50-,55+,59-,60-,61-,62-,63-,64-,65-,66-,67-,69-,70?,71-,72-/m0/s1. The molecule has 22 N–H and O–H groups in total. The van der Waals surface area contributed by atoms with E-state index in [1.807, 2.05) is 13.8 Å². The maximum atomic E-state index is 15.9. The first-order chi connectivity index (χ1) is 63.1. The number of phenolic OH excluding ortho intramolecular Hbond substituents is 1. The summed E-state index contributed by atoms with van der Waals surface area (Å²) in [6, 6.07) is -2.35. The van der Waals surface area contributed by atoms with Crippen LogP contribution in [0.25, 0.3) is 21.8 Å². The summed E-state index contributed by atoms with van der Waals surface area (Å²) in [7, 11) is 3.90. The molecule has 5 aromatic rings. The van der Waals surface area contributed by atoms with Gasteiger partial charge in [-0.25, -0.2) is 0 Å². The van der Waals surface area contributed by atoms with E-state index in [4.69, 9.17) is 22.9 Å². The number of aromatic amines is 1. The molecule has 0 radical (unpaired) electrons. The van der Waals surface area contributed by atoms with Gasteiger partial charge in [0.05, 0.1) is 24.8 Å². The Morgan fingerprint density at radius 3 is 1.69 bits per heavy atom. The minimum Gasteiger partial charge on any atom is -0.508 e. The molecule has 3 aliphatic heterocycles. The number of carbonyl (C=O) groups is 18. The summed E-state index contributed by atoms with van der Waals surface area (Å²) in [5.74, 6) is -18.9. The molecule has 42 nitrogen and oxygen atoms in total. The monoisotopic (exact) mass is 1870 g/mol. The molecule has 15 atom stereocenters. The number of nitrogens with one attached hydrogen (secondary N) is 11. The third-order valence-corrected chi connectivity index (χ3v) is 24.9. The van der Waals surface area contributed by atoms with Crippen molar-refractivity contribution >= 4 is 140 Å². The normalized spacial score (nSPS) is 25.0. The number of aromatic nitrogens is 2. The zero-order chi connectivity index (χ0) is 97.9. The molecule has 3 saturated heterocycles. The maximum Gasteiger partial charge on any atom is 0.323 e. The van der Waals surface area contributed by atoms with Crippen LogP contribution in [-0.2, 0) is 112 Å². The average Bonchev–Trinajstić information content (AvgIpc) is 1.65. The van der Waals surface area contributed by atoms with E-state index in [1.54, 1.807) is 82.4 Å². The van der Waals surface area contributed by atoms with E-state index in [9.17, 15) is 68.1 Å². The summed E-state index contributed by atoms with van der Waals surface area (Å²) in [5.41, 5.74) is 26.0. The van der Waals surface area contributed by atoms with Crippen LogP contribution < -0.4 is 76.1 Å². The lowest BCUT2D eigenvalue weighted by atomic mass is 9.99. The van der Waals surface area contributed by atoms with Crippen molar-refractivity contribution in [3.05, 3.63) is 102 Å². The largest absolute Gasteiger partial charge is 0.508 e. The molecule has 3 aromatic carbocycles. The van der Waals surface area contributed by atoms with Crippen LogP contribution in [0.3, 0.4) is 0 Å². The molecule has 3 aliphatic rings. The molecule has 43 heteroatoms. The Morgan fingerprint density at radius 2 is 1.07 bits per heavy atom. The number of benzene rings is 3. The van der Waals surface area contributed by atoms with E-state index in [-0.39, 0.29) is 81.9 Å². The van der Waals surface area contributed by atoms with Gasteiger partial charge in [-0.15, -0.1) is 11.8 Å². The Morgan fingerprint density at radius 1 is 0.541 bits per heavy atom. The van der Waals surface area contributed by atoms with Gasteiger partial charge >= 0.3 is 5.97 Å². The minimum atomic E-state index is -1.77. The molecule has 0 aliphatic carbocycles. The molecule has 0 spiro atoms. The number of aliphatic hydroxyl groups excluding tert-OH is 1. The van der Waals surface area contributed by atoms with E-state index < -0.39 is 254 Å². The van der Waals surface area contributed by atoms with Crippen LogP contribution in [0.5, 0.6) is 5.75 Å². The fourth-order valence-corrected chi connectivity index (χ4v) is 17.5. The number of amides is 17. The summed E-state index contributed by atoms with van der Waals surface area (Å²) in [6.07, 6.45) is 1.20. The number of fused-ring (bicyclic) bond motifs is 4. The van der Waals surface area contributed by atoms with Gasteiger partial charge in [-0.05, 0) is 98.2 Å². The third-order valence-electron chi connectivity index (χ3n) is 23.9. The van der Waals surface area contributed by atoms with Crippen molar-refractivity contribution in [2.75, 3.05) is 65.4 Å². The third kappa shape index (κ3) is 29.1. The van der Waals surface area contributed by atoms with Gasteiger partial charge in [0.1, 0.15) is 96.9 Å². The molecule has 3 fully saturated rings. The molecule has 133 heavy (non-hydrogen) atoms. The summed E-state index contributed by atoms with van der Waals surface area (Å²) < 4.78 is 1.43. The van der Waals surface area contributed by atoms with Crippen LogP contribution in [0.2, 0.25) is 0 Å². The van der Waals surface area contributed by atoms with Crippen molar-refractivity contribution < 1.29 is 102 Å². The molecular formula is C90H129N21O21S. The average molecular weight is 1870 g/mol. The van der Waals surface area contributed by atoms with Gasteiger partial charge in [0.25, 0.3) is 0 Å². The van der Waals surface area contributed by atoms with E-state index in [1.165, 1.54) is 63.1 Å². The van der Waals surface area contributed by atoms with E-state index in [2.05, 4.69) is 58.2 Å². The predicted molar refractivity (Wildman–Crippen MR) is 490 cm³/mol. The number of H-pyrrole nitrogens is 1. The number of primary amides is 2. The smallest absolute Gasteiger partial charge is 0.323 e. The topological polar surface area (TPSA) is 629 Å². The molecular weight excluding hydrogens is 1740 g/mol. The lowest BCUT2D eigenvalue weighted by Crippen LogP contribution is -2.62. The molecule has 726 valence electrons. The van der Waals surface area contributed by atoms with Crippen LogP contribution in [-0.4, -0.2) is 312 Å². The van der Waals surface area contributed by atoms with Crippen LogP contribution in [0, 0.1) is 11.8 Å². The Balaban J connectivity index is 1.20. The van der Waals surface area contributed by atoms with Gasteiger partial charge in [0.2, 0.25) is 100 Å². The molecule has 0 bridgehead atoms. The van der Waals surface area contributed by atoms with Crippen molar-refractivity contribution in [3.8, 4) is 5.75 Å². The van der Waals surface area contributed by atoms with Crippen LogP contribution in [0.4, 0.5) is 0 Å². The first kappa shape index (κ1) is 106. The van der Waals surface area contributed by atoms with E-state index in [0.29, 0.717) is 64.2 Å². The van der Waals surface area contributed by atoms with Crippen LogP contribution in [0.15, 0.2) is 85.2 Å². The summed E-state index contributed by atoms with van der Waals surface area (Å²) >= 11 is 0.784. The Kier molecular flexibility index (Phi) is 39.4. The predicted octanol–water partition coefficient (Wildman–Crippen LogP) is -2.63. The number of nitrogens with zero attached hydrogens (tertiary/aromatic N) is 6. The summed E-state index contributed by atoms with van der Waals surface area (Å²) in [6.45, 7) is 8.85.